The summed E-state index contributed by atoms with van der Waals surface area (Å²) in [5.41, 5.74) is -0.721. The van der Waals surface area contributed by atoms with Crippen LogP contribution in [0.1, 0.15) is 46.5 Å². The van der Waals surface area contributed by atoms with Crippen LogP contribution in [0.5, 0.6) is 0 Å². The van der Waals surface area contributed by atoms with Crippen LogP contribution >= 0.6 is 0 Å². The number of rotatable bonds is 3. The Bertz CT molecular complexity index is 360. The molecule has 2 aliphatic heterocycles. The van der Waals surface area contributed by atoms with Crippen molar-refractivity contribution in [3.63, 3.8) is 0 Å². The van der Waals surface area contributed by atoms with Gasteiger partial charge in [0, 0.05) is 6.61 Å². The maximum Gasteiger partial charge on any atom is 0.249 e. The van der Waals surface area contributed by atoms with Crippen molar-refractivity contribution in [2.45, 2.75) is 64.1 Å². The second-order valence-corrected chi connectivity index (χ2v) is 5.54. The SMILES string of the molecule is CCC1(CC)NC(=O)C(C)N(C2CCCOC2)C1=O. The molecule has 2 rings (SSSR count). The van der Waals surface area contributed by atoms with Gasteiger partial charge >= 0.3 is 0 Å². The molecular formula is C14H24N2O3. The predicted molar refractivity (Wildman–Crippen MR) is 71.6 cm³/mol. The molecule has 1 N–H and O–H groups in total. The van der Waals surface area contributed by atoms with Crippen LogP contribution in [0.3, 0.4) is 0 Å². The van der Waals surface area contributed by atoms with Crippen LogP contribution < -0.4 is 5.32 Å². The monoisotopic (exact) mass is 268 g/mol. The molecule has 108 valence electrons. The molecule has 2 heterocycles. The summed E-state index contributed by atoms with van der Waals surface area (Å²) in [6.07, 6.45) is 3.14. The zero-order valence-electron chi connectivity index (χ0n) is 12.1. The van der Waals surface area contributed by atoms with E-state index in [0.717, 1.165) is 19.4 Å². The highest BCUT2D eigenvalue weighted by Gasteiger charge is 2.49. The van der Waals surface area contributed by atoms with Crippen LogP contribution in [0.2, 0.25) is 0 Å². The van der Waals surface area contributed by atoms with Gasteiger partial charge in [-0.25, -0.2) is 0 Å². The van der Waals surface area contributed by atoms with Gasteiger partial charge in [-0.1, -0.05) is 13.8 Å². The zero-order valence-corrected chi connectivity index (χ0v) is 12.1. The maximum atomic E-state index is 12.8. The Hall–Kier alpha value is -1.10. The molecule has 19 heavy (non-hydrogen) atoms. The molecule has 0 saturated carbocycles. The standard InChI is InChI=1S/C14H24N2O3/c1-4-14(5-2)13(18)16(10(3)12(17)15-14)11-7-6-8-19-9-11/h10-11H,4-9H2,1-3H3,(H,15,17). The minimum atomic E-state index is -0.721. The summed E-state index contributed by atoms with van der Waals surface area (Å²) >= 11 is 0. The van der Waals surface area contributed by atoms with Crippen molar-refractivity contribution in [3.8, 4) is 0 Å². The van der Waals surface area contributed by atoms with Crippen LogP contribution in [0.15, 0.2) is 0 Å². The van der Waals surface area contributed by atoms with E-state index in [-0.39, 0.29) is 17.9 Å². The first-order valence-electron chi connectivity index (χ1n) is 7.28. The Morgan fingerprint density at radius 2 is 2.05 bits per heavy atom. The van der Waals surface area contributed by atoms with Gasteiger partial charge in [0.15, 0.2) is 0 Å². The quantitative estimate of drug-likeness (QED) is 0.833. The summed E-state index contributed by atoms with van der Waals surface area (Å²) in [5, 5.41) is 2.93. The first-order valence-corrected chi connectivity index (χ1v) is 7.28. The molecule has 0 aromatic rings. The van der Waals surface area contributed by atoms with Crippen molar-refractivity contribution in [1.29, 1.82) is 0 Å². The third kappa shape index (κ3) is 2.36. The van der Waals surface area contributed by atoms with Crippen molar-refractivity contribution in [1.82, 2.24) is 10.2 Å². The Morgan fingerprint density at radius 1 is 1.37 bits per heavy atom. The number of carbonyl (C=O) groups is 2. The summed E-state index contributed by atoms with van der Waals surface area (Å²) in [6.45, 7) is 7.01. The number of amides is 2. The van der Waals surface area contributed by atoms with Gasteiger partial charge in [-0.05, 0) is 32.6 Å². The summed E-state index contributed by atoms with van der Waals surface area (Å²) in [6, 6.07) is -0.356. The molecule has 2 amide bonds. The molecule has 0 bridgehead atoms. The van der Waals surface area contributed by atoms with E-state index in [1.54, 1.807) is 11.8 Å². The topological polar surface area (TPSA) is 58.6 Å². The van der Waals surface area contributed by atoms with Gasteiger partial charge in [0.1, 0.15) is 11.6 Å². The van der Waals surface area contributed by atoms with Crippen LogP contribution in [0.4, 0.5) is 0 Å². The molecular weight excluding hydrogens is 244 g/mol. The minimum Gasteiger partial charge on any atom is -0.379 e. The fraction of sp³-hybridized carbons (Fsp3) is 0.857. The smallest absolute Gasteiger partial charge is 0.249 e. The number of hydrogen-bond donors (Lipinski definition) is 1. The van der Waals surface area contributed by atoms with Crippen LogP contribution in [-0.2, 0) is 14.3 Å². The lowest BCUT2D eigenvalue weighted by Gasteiger charge is -2.48. The van der Waals surface area contributed by atoms with Crippen molar-refractivity contribution in [3.05, 3.63) is 0 Å². The Kier molecular flexibility index (Phi) is 4.13. The van der Waals surface area contributed by atoms with Crippen molar-refractivity contribution >= 4 is 11.8 Å². The number of nitrogens with one attached hydrogen (secondary N) is 1. The molecule has 2 fully saturated rings. The molecule has 5 heteroatoms. The van der Waals surface area contributed by atoms with E-state index in [4.69, 9.17) is 4.74 Å². The van der Waals surface area contributed by atoms with E-state index < -0.39 is 11.6 Å². The van der Waals surface area contributed by atoms with E-state index in [1.807, 2.05) is 13.8 Å². The van der Waals surface area contributed by atoms with Crippen LogP contribution in [-0.4, -0.2) is 47.6 Å². The number of carbonyl (C=O) groups excluding carboxylic acids is 2. The molecule has 0 aromatic heterocycles. The average molecular weight is 268 g/mol. The lowest BCUT2D eigenvalue weighted by atomic mass is 9.86. The molecule has 0 aromatic carbocycles. The van der Waals surface area contributed by atoms with Gasteiger partial charge in [0.05, 0.1) is 12.6 Å². The van der Waals surface area contributed by atoms with Crippen molar-refractivity contribution < 1.29 is 14.3 Å². The average Bonchev–Trinajstić information content (AvgIpc) is 2.44. The molecule has 2 aliphatic rings. The second kappa shape index (κ2) is 5.49. The molecule has 2 unspecified atom stereocenters. The Morgan fingerprint density at radius 3 is 2.58 bits per heavy atom. The van der Waals surface area contributed by atoms with E-state index in [9.17, 15) is 9.59 Å². The van der Waals surface area contributed by atoms with Gasteiger partial charge in [0.2, 0.25) is 11.8 Å². The first kappa shape index (κ1) is 14.3. The maximum absolute atomic E-state index is 12.8. The molecule has 0 spiro atoms. The lowest BCUT2D eigenvalue weighted by molar-refractivity contribution is -0.160. The van der Waals surface area contributed by atoms with Crippen molar-refractivity contribution in [2.24, 2.45) is 0 Å². The highest BCUT2D eigenvalue weighted by molar-refractivity contribution is 5.99. The summed E-state index contributed by atoms with van der Waals surface area (Å²) in [5.74, 6) is 0.00831. The largest absolute Gasteiger partial charge is 0.379 e. The number of nitrogens with zero attached hydrogens (tertiary/aromatic N) is 1. The number of hydrogen-bond acceptors (Lipinski definition) is 3. The van der Waals surface area contributed by atoms with E-state index in [2.05, 4.69) is 5.32 Å². The van der Waals surface area contributed by atoms with Gasteiger partial charge in [0.25, 0.3) is 0 Å². The highest BCUT2D eigenvalue weighted by atomic mass is 16.5. The van der Waals surface area contributed by atoms with Crippen molar-refractivity contribution in [2.75, 3.05) is 13.2 Å². The third-order valence-electron chi connectivity index (χ3n) is 4.54. The van der Waals surface area contributed by atoms with Gasteiger partial charge < -0.3 is 15.0 Å². The summed E-state index contributed by atoms with van der Waals surface area (Å²) in [7, 11) is 0. The van der Waals surface area contributed by atoms with E-state index in [1.165, 1.54) is 0 Å². The second-order valence-electron chi connectivity index (χ2n) is 5.54. The minimum absolute atomic E-state index is 0.0415. The summed E-state index contributed by atoms with van der Waals surface area (Å²) < 4.78 is 5.48. The Labute approximate surface area is 114 Å². The number of piperazine rings is 1. The van der Waals surface area contributed by atoms with E-state index in [0.29, 0.717) is 19.4 Å². The third-order valence-corrected chi connectivity index (χ3v) is 4.54. The van der Waals surface area contributed by atoms with Gasteiger partial charge in [-0.3, -0.25) is 9.59 Å². The van der Waals surface area contributed by atoms with Crippen LogP contribution in [0.25, 0.3) is 0 Å². The predicted octanol–water partition coefficient (Wildman–Crippen LogP) is 1.07. The molecule has 2 atom stereocenters. The first-order chi connectivity index (χ1) is 9.05. The molecule has 2 saturated heterocycles. The fourth-order valence-electron chi connectivity index (χ4n) is 3.10. The van der Waals surface area contributed by atoms with Crippen LogP contribution in [0, 0.1) is 0 Å². The van der Waals surface area contributed by atoms with E-state index >= 15 is 0 Å². The lowest BCUT2D eigenvalue weighted by Crippen LogP contribution is -2.71. The molecule has 0 aliphatic carbocycles. The molecule has 5 nitrogen and oxygen atoms in total. The Balaban J connectivity index is 2.27. The highest BCUT2D eigenvalue weighted by Crippen LogP contribution is 2.28. The zero-order chi connectivity index (χ0) is 14.0. The normalized spacial score (nSPS) is 31.2. The fourth-order valence-corrected chi connectivity index (χ4v) is 3.10. The molecule has 0 radical (unpaired) electrons. The van der Waals surface area contributed by atoms with Gasteiger partial charge in [-0.2, -0.15) is 0 Å². The summed E-state index contributed by atoms with van der Waals surface area (Å²) in [4.78, 5) is 26.8. The number of ether oxygens (including phenoxy) is 1. The van der Waals surface area contributed by atoms with Gasteiger partial charge in [-0.15, -0.1) is 0 Å².